The molecule has 1 heterocycles. The molecule has 0 aliphatic carbocycles. The van der Waals surface area contributed by atoms with E-state index in [1.165, 1.54) is 0 Å². The summed E-state index contributed by atoms with van der Waals surface area (Å²) in [6.07, 6.45) is 1.66. The zero-order valence-electron chi connectivity index (χ0n) is 5.00. The van der Waals surface area contributed by atoms with Crippen molar-refractivity contribution < 1.29 is 0 Å². The zero-order chi connectivity index (χ0) is 6.69. The van der Waals surface area contributed by atoms with E-state index >= 15 is 0 Å². The van der Waals surface area contributed by atoms with Gasteiger partial charge in [-0.2, -0.15) is 0 Å². The van der Waals surface area contributed by atoms with Crippen LogP contribution in [0.4, 0.5) is 0 Å². The first-order valence-corrected chi connectivity index (χ1v) is 3.37. The Labute approximate surface area is 75.8 Å². The maximum absolute atomic E-state index is 5.51. The van der Waals surface area contributed by atoms with Crippen molar-refractivity contribution >= 4 is 35.6 Å². The van der Waals surface area contributed by atoms with E-state index in [4.69, 9.17) is 23.2 Å². The average Bonchev–Trinajstić information content (AvgIpc) is 1.90. The third kappa shape index (κ3) is 2.74. The highest BCUT2D eigenvalue weighted by atomic mass is 35.5. The molecular formula is C6H6Cl3N. The molecule has 0 saturated heterocycles. The Morgan fingerprint density at radius 1 is 1.30 bits per heavy atom. The first kappa shape index (κ1) is 10.0. The first-order valence-electron chi connectivity index (χ1n) is 2.50. The Hall–Kier alpha value is 0.0200. The molecule has 0 atom stereocenters. The van der Waals surface area contributed by atoms with Gasteiger partial charge in [-0.3, -0.25) is 4.98 Å². The molecule has 1 aromatic heterocycles. The Morgan fingerprint density at radius 3 is 2.30 bits per heavy atom. The van der Waals surface area contributed by atoms with Crippen LogP contribution >= 0.6 is 35.6 Å². The van der Waals surface area contributed by atoms with E-state index in [0.29, 0.717) is 5.69 Å². The number of halogens is 3. The molecule has 4 heteroatoms. The zero-order valence-corrected chi connectivity index (χ0v) is 7.33. The Morgan fingerprint density at radius 2 is 2.00 bits per heavy atom. The van der Waals surface area contributed by atoms with Gasteiger partial charge in [0.1, 0.15) is 4.84 Å². The number of hydrogen-bond donors (Lipinski definition) is 0. The minimum absolute atomic E-state index is 0. The smallest absolute Gasteiger partial charge is 0.149 e. The number of hydrogen-bond acceptors (Lipinski definition) is 1. The van der Waals surface area contributed by atoms with E-state index < -0.39 is 4.84 Å². The number of nitrogens with zero attached hydrogens (tertiary/aromatic N) is 1. The van der Waals surface area contributed by atoms with Crippen LogP contribution in [0.1, 0.15) is 10.5 Å². The molecule has 0 bridgehead atoms. The van der Waals surface area contributed by atoms with Crippen LogP contribution in [0.15, 0.2) is 24.4 Å². The summed E-state index contributed by atoms with van der Waals surface area (Å²) in [4.78, 5) is 3.41. The summed E-state index contributed by atoms with van der Waals surface area (Å²) < 4.78 is 0. The maximum atomic E-state index is 5.51. The molecule has 56 valence electrons. The molecule has 1 nitrogen and oxygen atoms in total. The second-order valence-electron chi connectivity index (χ2n) is 1.56. The second kappa shape index (κ2) is 4.78. The summed E-state index contributed by atoms with van der Waals surface area (Å²) in [5, 5.41) is 0. The number of aromatic nitrogens is 1. The standard InChI is InChI=1S/C6H5Cl2N.ClH/c7-6(8)5-3-1-2-4-9-5;/h1-4,6H;1H. The molecule has 10 heavy (non-hydrogen) atoms. The average molecular weight is 198 g/mol. The quantitative estimate of drug-likeness (QED) is 0.632. The van der Waals surface area contributed by atoms with Crippen molar-refractivity contribution in [2.75, 3.05) is 0 Å². The van der Waals surface area contributed by atoms with E-state index in [1.54, 1.807) is 12.3 Å². The van der Waals surface area contributed by atoms with Crippen LogP contribution in [-0.4, -0.2) is 4.98 Å². The highest BCUT2D eigenvalue weighted by Crippen LogP contribution is 2.21. The molecule has 1 aromatic rings. The Kier molecular flexibility index (Phi) is 4.79. The monoisotopic (exact) mass is 197 g/mol. The van der Waals surface area contributed by atoms with Gasteiger partial charge in [-0.25, -0.2) is 0 Å². The Balaban J connectivity index is 0.000000810. The van der Waals surface area contributed by atoms with Gasteiger partial charge < -0.3 is 0 Å². The fourth-order valence-electron chi connectivity index (χ4n) is 0.505. The van der Waals surface area contributed by atoms with Gasteiger partial charge in [0, 0.05) is 6.20 Å². The van der Waals surface area contributed by atoms with E-state index in [2.05, 4.69) is 4.98 Å². The molecule has 0 radical (unpaired) electrons. The van der Waals surface area contributed by atoms with Crippen molar-refractivity contribution in [1.29, 1.82) is 0 Å². The van der Waals surface area contributed by atoms with Crippen molar-refractivity contribution in [3.8, 4) is 0 Å². The molecule has 0 spiro atoms. The summed E-state index contributed by atoms with van der Waals surface area (Å²) in [7, 11) is 0. The largest absolute Gasteiger partial charge is 0.258 e. The predicted octanol–water partition coefficient (Wildman–Crippen LogP) is 2.98. The fraction of sp³-hybridized carbons (Fsp3) is 0.167. The number of pyridine rings is 1. The van der Waals surface area contributed by atoms with Crippen LogP contribution in [-0.2, 0) is 0 Å². The lowest BCUT2D eigenvalue weighted by molar-refractivity contribution is 1.15. The summed E-state index contributed by atoms with van der Waals surface area (Å²) in [5.74, 6) is 0. The first-order chi connectivity index (χ1) is 4.30. The molecule has 0 aromatic carbocycles. The minimum Gasteiger partial charge on any atom is -0.258 e. The molecule has 0 aliphatic heterocycles. The normalized spacial score (nSPS) is 9.10. The van der Waals surface area contributed by atoms with Gasteiger partial charge in [0.15, 0.2) is 0 Å². The van der Waals surface area contributed by atoms with E-state index in [9.17, 15) is 0 Å². The lowest BCUT2D eigenvalue weighted by atomic mass is 10.4. The van der Waals surface area contributed by atoms with Crippen LogP contribution in [0.3, 0.4) is 0 Å². The van der Waals surface area contributed by atoms with Gasteiger partial charge in [0.05, 0.1) is 5.69 Å². The highest BCUT2D eigenvalue weighted by Gasteiger charge is 2.00. The molecule has 0 fully saturated rings. The van der Waals surface area contributed by atoms with Gasteiger partial charge in [-0.1, -0.05) is 29.3 Å². The van der Waals surface area contributed by atoms with Gasteiger partial charge in [0.2, 0.25) is 0 Å². The van der Waals surface area contributed by atoms with Crippen LogP contribution in [0, 0.1) is 0 Å². The Bertz CT molecular complexity index is 176. The molecular weight excluding hydrogens is 192 g/mol. The second-order valence-corrected chi connectivity index (χ2v) is 2.65. The van der Waals surface area contributed by atoms with Crippen molar-refractivity contribution in [1.82, 2.24) is 4.98 Å². The van der Waals surface area contributed by atoms with Crippen LogP contribution in [0.5, 0.6) is 0 Å². The topological polar surface area (TPSA) is 12.9 Å². The summed E-state index contributed by atoms with van der Waals surface area (Å²) in [6.45, 7) is 0. The van der Waals surface area contributed by atoms with Crippen LogP contribution in [0.2, 0.25) is 0 Å². The minimum atomic E-state index is -0.508. The van der Waals surface area contributed by atoms with Crippen LogP contribution in [0.25, 0.3) is 0 Å². The molecule has 0 unspecified atom stereocenters. The van der Waals surface area contributed by atoms with Crippen molar-refractivity contribution in [2.24, 2.45) is 0 Å². The van der Waals surface area contributed by atoms with Crippen molar-refractivity contribution in [3.05, 3.63) is 30.1 Å². The highest BCUT2D eigenvalue weighted by molar-refractivity contribution is 6.43. The van der Waals surface area contributed by atoms with Crippen molar-refractivity contribution in [3.63, 3.8) is 0 Å². The van der Waals surface area contributed by atoms with E-state index in [1.807, 2.05) is 12.1 Å². The molecule has 0 N–H and O–H groups in total. The van der Waals surface area contributed by atoms with Gasteiger partial charge in [-0.15, -0.1) is 12.4 Å². The van der Waals surface area contributed by atoms with Crippen LogP contribution < -0.4 is 0 Å². The molecule has 1 rings (SSSR count). The molecule has 0 amide bonds. The van der Waals surface area contributed by atoms with Gasteiger partial charge in [-0.05, 0) is 12.1 Å². The predicted molar refractivity (Wildman–Crippen MR) is 45.9 cm³/mol. The third-order valence-electron chi connectivity index (χ3n) is 0.911. The maximum Gasteiger partial charge on any atom is 0.149 e. The number of rotatable bonds is 1. The molecule has 0 saturated carbocycles. The summed E-state index contributed by atoms with van der Waals surface area (Å²) in [6, 6.07) is 5.45. The lowest BCUT2D eigenvalue weighted by Crippen LogP contribution is -1.83. The lowest BCUT2D eigenvalue weighted by Gasteiger charge is -1.95. The third-order valence-corrected chi connectivity index (χ3v) is 1.36. The molecule has 0 aliphatic rings. The van der Waals surface area contributed by atoms with Crippen molar-refractivity contribution in [2.45, 2.75) is 4.84 Å². The SMILES string of the molecule is Cl.ClC(Cl)c1ccccn1. The van der Waals surface area contributed by atoms with Gasteiger partial charge >= 0.3 is 0 Å². The summed E-state index contributed by atoms with van der Waals surface area (Å²) in [5.41, 5.74) is 0.695. The van der Waals surface area contributed by atoms with E-state index in [0.717, 1.165) is 0 Å². The summed E-state index contributed by atoms with van der Waals surface area (Å²) >= 11 is 11.0. The fourth-order valence-corrected chi connectivity index (χ4v) is 0.763. The van der Waals surface area contributed by atoms with E-state index in [-0.39, 0.29) is 12.4 Å². The van der Waals surface area contributed by atoms with Gasteiger partial charge in [0.25, 0.3) is 0 Å². The number of alkyl halides is 2.